The molecule has 1 saturated heterocycles. The average molecular weight is 308 g/mol. The van der Waals surface area contributed by atoms with Crippen LogP contribution in [0.2, 0.25) is 5.02 Å². The van der Waals surface area contributed by atoms with Gasteiger partial charge >= 0.3 is 0 Å². The van der Waals surface area contributed by atoms with Gasteiger partial charge in [-0.25, -0.2) is 0 Å². The van der Waals surface area contributed by atoms with Gasteiger partial charge in [-0.3, -0.25) is 9.69 Å². The van der Waals surface area contributed by atoms with Gasteiger partial charge in [-0.05, 0) is 25.3 Å². The van der Waals surface area contributed by atoms with E-state index in [0.29, 0.717) is 22.5 Å². The van der Waals surface area contributed by atoms with E-state index in [2.05, 4.69) is 15.5 Å². The molecule has 6 heteroatoms. The third kappa shape index (κ3) is 2.68. The molecule has 0 radical (unpaired) electrons. The van der Waals surface area contributed by atoms with Crippen LogP contribution in [0.4, 0.5) is 11.4 Å². The Bertz CT molecular complexity index is 589. The van der Waals surface area contributed by atoms with Gasteiger partial charge in [0.25, 0.3) is 5.91 Å². The first kappa shape index (κ1) is 13.2. The Morgan fingerprint density at radius 1 is 1.33 bits per heavy atom. The molecule has 112 valence electrons. The lowest BCUT2D eigenvalue weighted by molar-refractivity contribution is -0.118. The minimum Gasteiger partial charge on any atom is -0.482 e. The van der Waals surface area contributed by atoms with E-state index in [1.807, 2.05) is 6.07 Å². The van der Waals surface area contributed by atoms with Crippen molar-refractivity contribution in [1.29, 1.82) is 0 Å². The largest absolute Gasteiger partial charge is 0.482 e. The number of carbonyl (C=O) groups excluding carboxylic acids is 1. The van der Waals surface area contributed by atoms with E-state index in [9.17, 15) is 4.79 Å². The predicted molar refractivity (Wildman–Crippen MR) is 82.2 cm³/mol. The molecule has 1 aliphatic carbocycles. The van der Waals surface area contributed by atoms with E-state index in [4.69, 9.17) is 16.3 Å². The van der Waals surface area contributed by atoms with Gasteiger partial charge in [0.2, 0.25) is 0 Å². The number of ether oxygens (including phenoxy) is 1. The van der Waals surface area contributed by atoms with Crippen LogP contribution in [0, 0.1) is 0 Å². The van der Waals surface area contributed by atoms with Gasteiger partial charge in [0.15, 0.2) is 6.61 Å². The number of hydrogen-bond acceptors (Lipinski definition) is 4. The Balaban J connectivity index is 1.49. The Morgan fingerprint density at radius 3 is 3.00 bits per heavy atom. The first-order chi connectivity index (χ1) is 10.2. The molecule has 2 fully saturated rings. The maximum Gasteiger partial charge on any atom is 0.262 e. The van der Waals surface area contributed by atoms with E-state index < -0.39 is 0 Å². The molecule has 21 heavy (non-hydrogen) atoms. The molecule has 2 aliphatic heterocycles. The smallest absolute Gasteiger partial charge is 0.262 e. The fourth-order valence-electron chi connectivity index (χ4n) is 3.11. The summed E-state index contributed by atoms with van der Waals surface area (Å²) >= 11 is 6.32. The van der Waals surface area contributed by atoms with Crippen molar-refractivity contribution in [3.63, 3.8) is 0 Å². The van der Waals surface area contributed by atoms with Gasteiger partial charge in [0.1, 0.15) is 5.75 Å². The SMILES string of the molecule is O=C1COc2cc(NC3CCN(C4CC4)C3)c(Cl)cc2N1. The summed E-state index contributed by atoms with van der Waals surface area (Å²) in [5, 5.41) is 6.90. The summed E-state index contributed by atoms with van der Waals surface area (Å²) in [6.07, 6.45) is 3.83. The summed E-state index contributed by atoms with van der Waals surface area (Å²) in [6, 6.07) is 4.88. The van der Waals surface area contributed by atoms with E-state index in [-0.39, 0.29) is 12.5 Å². The second kappa shape index (κ2) is 5.07. The van der Waals surface area contributed by atoms with Crippen molar-refractivity contribution in [1.82, 2.24) is 4.90 Å². The van der Waals surface area contributed by atoms with Crippen molar-refractivity contribution in [2.75, 3.05) is 30.3 Å². The maximum atomic E-state index is 11.3. The molecule has 2 N–H and O–H groups in total. The fourth-order valence-corrected chi connectivity index (χ4v) is 3.33. The average Bonchev–Trinajstić information content (AvgIpc) is 3.20. The van der Waals surface area contributed by atoms with E-state index >= 15 is 0 Å². The highest BCUT2D eigenvalue weighted by Crippen LogP contribution is 2.37. The lowest BCUT2D eigenvalue weighted by Crippen LogP contribution is -2.28. The van der Waals surface area contributed by atoms with Gasteiger partial charge in [0, 0.05) is 31.2 Å². The number of nitrogens with zero attached hydrogens (tertiary/aromatic N) is 1. The minimum absolute atomic E-state index is 0.0625. The summed E-state index contributed by atoms with van der Waals surface area (Å²) in [5.41, 5.74) is 1.53. The summed E-state index contributed by atoms with van der Waals surface area (Å²) in [5.74, 6) is 0.536. The van der Waals surface area contributed by atoms with E-state index in [0.717, 1.165) is 31.2 Å². The third-order valence-electron chi connectivity index (χ3n) is 4.34. The van der Waals surface area contributed by atoms with Gasteiger partial charge in [-0.15, -0.1) is 0 Å². The summed E-state index contributed by atoms with van der Waals surface area (Å²) in [4.78, 5) is 13.9. The number of anilines is 2. The first-order valence-electron chi connectivity index (χ1n) is 7.46. The van der Waals surface area contributed by atoms with Crippen LogP contribution in [0.15, 0.2) is 12.1 Å². The zero-order chi connectivity index (χ0) is 14.4. The molecule has 1 saturated carbocycles. The van der Waals surface area contributed by atoms with Crippen molar-refractivity contribution in [3.8, 4) is 5.75 Å². The maximum absolute atomic E-state index is 11.3. The molecule has 5 nitrogen and oxygen atoms in total. The molecule has 1 aromatic rings. The Kier molecular flexibility index (Phi) is 3.19. The van der Waals surface area contributed by atoms with E-state index in [1.54, 1.807) is 6.07 Å². The molecule has 1 amide bonds. The van der Waals surface area contributed by atoms with Crippen LogP contribution in [0.25, 0.3) is 0 Å². The Hall–Kier alpha value is -1.46. The lowest BCUT2D eigenvalue weighted by atomic mass is 10.2. The predicted octanol–water partition coefficient (Wildman–Crippen LogP) is 2.32. The molecule has 1 atom stereocenters. The number of halogens is 1. The van der Waals surface area contributed by atoms with Crippen molar-refractivity contribution >= 4 is 28.9 Å². The zero-order valence-electron chi connectivity index (χ0n) is 11.7. The molecular weight excluding hydrogens is 290 g/mol. The molecular formula is C15H18ClN3O2. The standard InChI is InChI=1S/C15H18ClN3O2/c16-11-5-13-14(21-8-15(20)18-13)6-12(11)17-9-3-4-19(7-9)10-1-2-10/h5-6,9-10,17H,1-4,7-8H2,(H,18,20). The topological polar surface area (TPSA) is 53.6 Å². The normalized spacial score (nSPS) is 25.2. The van der Waals surface area contributed by atoms with Gasteiger partial charge < -0.3 is 15.4 Å². The van der Waals surface area contributed by atoms with Crippen LogP contribution < -0.4 is 15.4 Å². The highest BCUT2D eigenvalue weighted by Gasteiger charge is 2.34. The van der Waals surface area contributed by atoms with Crippen molar-refractivity contribution in [2.24, 2.45) is 0 Å². The van der Waals surface area contributed by atoms with Crippen LogP contribution >= 0.6 is 11.6 Å². The molecule has 0 spiro atoms. The Morgan fingerprint density at radius 2 is 2.19 bits per heavy atom. The number of carbonyl (C=O) groups is 1. The monoisotopic (exact) mass is 307 g/mol. The van der Waals surface area contributed by atoms with E-state index in [1.165, 1.54) is 12.8 Å². The third-order valence-corrected chi connectivity index (χ3v) is 4.66. The number of amides is 1. The number of hydrogen-bond donors (Lipinski definition) is 2. The van der Waals surface area contributed by atoms with Crippen LogP contribution in [0.1, 0.15) is 19.3 Å². The van der Waals surface area contributed by atoms with Crippen LogP contribution in [0.5, 0.6) is 5.75 Å². The number of nitrogens with one attached hydrogen (secondary N) is 2. The number of benzene rings is 1. The summed E-state index contributed by atoms with van der Waals surface area (Å²) in [6.45, 7) is 2.31. The first-order valence-corrected chi connectivity index (χ1v) is 7.83. The quantitative estimate of drug-likeness (QED) is 0.900. The second-order valence-electron chi connectivity index (χ2n) is 6.02. The summed E-state index contributed by atoms with van der Waals surface area (Å²) < 4.78 is 5.44. The number of likely N-dealkylation sites (tertiary alicyclic amines) is 1. The minimum atomic E-state index is -0.143. The number of fused-ring (bicyclic) bond motifs is 1. The molecule has 3 aliphatic rings. The summed E-state index contributed by atoms with van der Waals surface area (Å²) in [7, 11) is 0. The lowest BCUT2D eigenvalue weighted by Gasteiger charge is -2.22. The van der Waals surface area contributed by atoms with Crippen molar-refractivity contribution < 1.29 is 9.53 Å². The van der Waals surface area contributed by atoms with Gasteiger partial charge in [-0.2, -0.15) is 0 Å². The van der Waals surface area contributed by atoms with Gasteiger partial charge in [-0.1, -0.05) is 11.6 Å². The molecule has 2 heterocycles. The highest BCUT2D eigenvalue weighted by atomic mass is 35.5. The molecule has 4 rings (SSSR count). The van der Waals surface area contributed by atoms with Crippen LogP contribution in [0.3, 0.4) is 0 Å². The highest BCUT2D eigenvalue weighted by molar-refractivity contribution is 6.33. The molecule has 1 unspecified atom stereocenters. The fraction of sp³-hybridized carbons (Fsp3) is 0.533. The Labute approximate surface area is 128 Å². The molecule has 0 aromatic heterocycles. The molecule has 1 aromatic carbocycles. The zero-order valence-corrected chi connectivity index (χ0v) is 12.4. The van der Waals surface area contributed by atoms with Gasteiger partial charge in [0.05, 0.1) is 16.4 Å². The van der Waals surface area contributed by atoms with Crippen LogP contribution in [-0.4, -0.2) is 42.6 Å². The van der Waals surface area contributed by atoms with Crippen molar-refractivity contribution in [2.45, 2.75) is 31.3 Å². The number of rotatable bonds is 3. The molecule has 0 bridgehead atoms. The van der Waals surface area contributed by atoms with Crippen molar-refractivity contribution in [3.05, 3.63) is 17.2 Å². The second-order valence-corrected chi connectivity index (χ2v) is 6.43. The van der Waals surface area contributed by atoms with Crippen LogP contribution in [-0.2, 0) is 4.79 Å².